The van der Waals surface area contributed by atoms with Crippen molar-refractivity contribution in [2.24, 2.45) is 0 Å². The zero-order chi connectivity index (χ0) is 17.2. The van der Waals surface area contributed by atoms with Gasteiger partial charge < -0.3 is 9.47 Å². The van der Waals surface area contributed by atoms with Crippen molar-refractivity contribution in [3.8, 4) is 0 Å². The molecule has 0 aromatic heterocycles. The molecule has 120 valence electrons. The van der Waals surface area contributed by atoms with E-state index in [9.17, 15) is 9.59 Å². The maximum atomic E-state index is 11.0. The Morgan fingerprint density at radius 3 is 1.96 bits per heavy atom. The molecule has 0 aliphatic heterocycles. The first-order valence-electron chi connectivity index (χ1n) is 6.66. The topological polar surface area (TPSA) is 52.6 Å². The van der Waals surface area contributed by atoms with Gasteiger partial charge in [-0.15, -0.1) is 0 Å². The second-order valence-electron chi connectivity index (χ2n) is 4.32. The third-order valence-electron chi connectivity index (χ3n) is 2.79. The number of carbonyl (C=O) groups excluding carboxylic acids is 2. The maximum absolute atomic E-state index is 11.0. The zero-order valence-electron chi connectivity index (χ0n) is 12.9. The molecule has 0 fully saturated rings. The van der Waals surface area contributed by atoms with Crippen LogP contribution in [0.2, 0.25) is 0 Å². The number of rotatable bonds is 3. The predicted molar refractivity (Wildman–Crippen MR) is 98.4 cm³/mol. The highest BCUT2D eigenvalue weighted by atomic mass is 127. The number of hydrogen-bond acceptors (Lipinski definition) is 4. The van der Waals surface area contributed by atoms with E-state index in [0.717, 1.165) is 9.13 Å². The Kier molecular flexibility index (Phi) is 8.04. The lowest BCUT2D eigenvalue weighted by atomic mass is 10.1. The molecule has 2 rings (SSSR count). The SMILES string of the molecule is C=Cc1cccc(C(=O)OC)c1.COC(=O)c1cccc(I)c1. The van der Waals surface area contributed by atoms with Gasteiger partial charge in [-0.3, -0.25) is 0 Å². The fraction of sp³-hybridized carbons (Fsp3) is 0.111. The van der Waals surface area contributed by atoms with Crippen molar-refractivity contribution < 1.29 is 19.1 Å². The van der Waals surface area contributed by atoms with Crippen molar-refractivity contribution in [2.45, 2.75) is 0 Å². The molecule has 2 aromatic carbocycles. The molecule has 0 radical (unpaired) electrons. The van der Waals surface area contributed by atoms with Gasteiger partial charge in [-0.05, 0) is 58.5 Å². The molecule has 0 aliphatic carbocycles. The van der Waals surface area contributed by atoms with Crippen LogP contribution >= 0.6 is 22.6 Å². The largest absolute Gasteiger partial charge is 0.465 e. The minimum atomic E-state index is -0.321. The van der Waals surface area contributed by atoms with Crippen LogP contribution in [0.25, 0.3) is 6.08 Å². The van der Waals surface area contributed by atoms with E-state index in [-0.39, 0.29) is 11.9 Å². The van der Waals surface area contributed by atoms with Gasteiger partial charge >= 0.3 is 11.9 Å². The second-order valence-corrected chi connectivity index (χ2v) is 5.57. The van der Waals surface area contributed by atoms with Crippen LogP contribution in [0.4, 0.5) is 0 Å². The van der Waals surface area contributed by atoms with Gasteiger partial charge in [0.1, 0.15) is 0 Å². The van der Waals surface area contributed by atoms with Crippen LogP contribution in [0, 0.1) is 3.57 Å². The van der Waals surface area contributed by atoms with Crippen LogP contribution < -0.4 is 0 Å². The average Bonchev–Trinajstić information content (AvgIpc) is 2.60. The van der Waals surface area contributed by atoms with Crippen LogP contribution in [-0.2, 0) is 9.47 Å². The number of hydrogen-bond donors (Lipinski definition) is 0. The zero-order valence-corrected chi connectivity index (χ0v) is 15.1. The molecule has 0 N–H and O–H groups in total. The molecule has 0 heterocycles. The summed E-state index contributed by atoms with van der Waals surface area (Å²) in [5.41, 5.74) is 2.06. The normalized spacial score (nSPS) is 9.17. The summed E-state index contributed by atoms with van der Waals surface area (Å²) < 4.78 is 10.1. The number of methoxy groups -OCH3 is 2. The highest BCUT2D eigenvalue weighted by Gasteiger charge is 2.04. The van der Waals surface area contributed by atoms with Crippen molar-refractivity contribution in [1.82, 2.24) is 0 Å². The second kappa shape index (κ2) is 9.78. The lowest BCUT2D eigenvalue weighted by Gasteiger charge is -1.99. The highest BCUT2D eigenvalue weighted by Crippen LogP contribution is 2.08. The van der Waals surface area contributed by atoms with E-state index >= 15 is 0 Å². The summed E-state index contributed by atoms with van der Waals surface area (Å²) in [7, 11) is 2.74. The summed E-state index contributed by atoms with van der Waals surface area (Å²) in [5.74, 6) is -0.609. The Labute approximate surface area is 149 Å². The summed E-state index contributed by atoms with van der Waals surface area (Å²) in [5, 5.41) is 0. The van der Waals surface area contributed by atoms with Gasteiger partial charge in [0.2, 0.25) is 0 Å². The summed E-state index contributed by atoms with van der Waals surface area (Å²) in [6, 6.07) is 14.4. The first kappa shape index (κ1) is 18.9. The van der Waals surface area contributed by atoms with Gasteiger partial charge in [-0.2, -0.15) is 0 Å². The van der Waals surface area contributed by atoms with Gasteiger partial charge in [-0.1, -0.05) is 30.9 Å². The van der Waals surface area contributed by atoms with Crippen molar-refractivity contribution in [3.63, 3.8) is 0 Å². The van der Waals surface area contributed by atoms with Crippen molar-refractivity contribution in [2.75, 3.05) is 14.2 Å². The summed E-state index contributed by atoms with van der Waals surface area (Å²) in [4.78, 5) is 22.0. The monoisotopic (exact) mass is 424 g/mol. The lowest BCUT2D eigenvalue weighted by molar-refractivity contribution is 0.0592. The summed E-state index contributed by atoms with van der Waals surface area (Å²) in [6.45, 7) is 3.61. The van der Waals surface area contributed by atoms with Gasteiger partial charge in [0, 0.05) is 3.57 Å². The van der Waals surface area contributed by atoms with Gasteiger partial charge in [-0.25, -0.2) is 9.59 Å². The Bertz CT molecular complexity index is 695. The van der Waals surface area contributed by atoms with Crippen LogP contribution in [0.15, 0.2) is 55.1 Å². The molecule has 0 spiro atoms. The predicted octanol–water partition coefficient (Wildman–Crippen LogP) is 4.19. The molecular weight excluding hydrogens is 407 g/mol. The van der Waals surface area contributed by atoms with E-state index in [2.05, 4.69) is 38.6 Å². The third kappa shape index (κ3) is 6.23. The molecule has 0 saturated carbocycles. The fourth-order valence-electron chi connectivity index (χ4n) is 1.64. The summed E-state index contributed by atoms with van der Waals surface area (Å²) in [6.07, 6.45) is 1.69. The van der Waals surface area contributed by atoms with Crippen molar-refractivity contribution in [1.29, 1.82) is 0 Å². The molecule has 4 nitrogen and oxygen atoms in total. The Hall–Kier alpha value is -2.15. The molecule has 0 unspecified atom stereocenters. The Balaban J connectivity index is 0.000000231. The van der Waals surface area contributed by atoms with Crippen LogP contribution in [0.3, 0.4) is 0 Å². The quantitative estimate of drug-likeness (QED) is 0.548. The first-order valence-corrected chi connectivity index (χ1v) is 7.74. The van der Waals surface area contributed by atoms with Gasteiger partial charge in [0.25, 0.3) is 0 Å². The molecule has 23 heavy (non-hydrogen) atoms. The standard InChI is InChI=1S/C10H10O2.C8H7IO2/c1-3-8-5-4-6-9(7-8)10(11)12-2;1-11-8(10)6-3-2-4-7(9)5-6/h3-7H,1H2,2H3;2-5H,1H3. The van der Waals surface area contributed by atoms with Crippen LogP contribution in [0.1, 0.15) is 26.3 Å². The highest BCUT2D eigenvalue weighted by molar-refractivity contribution is 14.1. The lowest BCUT2D eigenvalue weighted by Crippen LogP contribution is -2.00. The molecule has 5 heteroatoms. The molecular formula is C18H17IO4. The number of ether oxygens (including phenoxy) is 2. The van der Waals surface area contributed by atoms with Gasteiger partial charge in [0.05, 0.1) is 25.3 Å². The minimum absolute atomic E-state index is 0.288. The minimum Gasteiger partial charge on any atom is -0.465 e. The maximum Gasteiger partial charge on any atom is 0.337 e. The number of esters is 2. The van der Waals surface area contributed by atoms with Crippen molar-refractivity contribution in [3.05, 3.63) is 75.4 Å². The summed E-state index contributed by atoms with van der Waals surface area (Å²) >= 11 is 2.15. The Morgan fingerprint density at radius 2 is 1.48 bits per heavy atom. The third-order valence-corrected chi connectivity index (χ3v) is 3.46. The average molecular weight is 424 g/mol. The van der Waals surface area contributed by atoms with E-state index in [4.69, 9.17) is 0 Å². The van der Waals surface area contributed by atoms with E-state index in [1.165, 1.54) is 14.2 Å². The van der Waals surface area contributed by atoms with Gasteiger partial charge in [0.15, 0.2) is 0 Å². The molecule has 0 bridgehead atoms. The Morgan fingerprint density at radius 1 is 0.957 bits per heavy atom. The number of carbonyl (C=O) groups is 2. The van der Waals surface area contributed by atoms with Crippen LogP contribution in [-0.4, -0.2) is 26.2 Å². The molecule has 0 aliphatic rings. The molecule has 0 atom stereocenters. The molecule has 0 amide bonds. The number of benzene rings is 2. The van der Waals surface area contributed by atoms with Crippen molar-refractivity contribution >= 4 is 40.6 Å². The first-order chi connectivity index (χ1) is 11.0. The van der Waals surface area contributed by atoms with Crippen LogP contribution in [0.5, 0.6) is 0 Å². The van der Waals surface area contributed by atoms with E-state index < -0.39 is 0 Å². The fourth-order valence-corrected chi connectivity index (χ4v) is 2.19. The van der Waals surface area contributed by atoms with E-state index in [0.29, 0.717) is 11.1 Å². The smallest absolute Gasteiger partial charge is 0.337 e. The molecule has 2 aromatic rings. The molecule has 0 saturated heterocycles. The number of halogens is 1. The van der Waals surface area contributed by atoms with E-state index in [1.807, 2.05) is 18.2 Å². The van der Waals surface area contributed by atoms with E-state index in [1.54, 1.807) is 36.4 Å².